The molecule has 6 N–H and O–H groups in total. The van der Waals surface area contributed by atoms with Crippen molar-refractivity contribution in [2.75, 3.05) is 35.0 Å². The Morgan fingerprint density at radius 2 is 1.45 bits per heavy atom. The number of aliphatic hydroxyl groups excluding tert-OH is 4. The highest BCUT2D eigenvalue weighted by Crippen LogP contribution is 2.50. The van der Waals surface area contributed by atoms with Crippen molar-refractivity contribution in [3.8, 4) is 45.6 Å². The number of ether oxygens (including phenoxy) is 5. The zero-order chi connectivity index (χ0) is 27.9. The second kappa shape index (κ2) is 10.6. The highest BCUT2D eigenvalue weighted by atomic mass is 16.5. The predicted molar refractivity (Wildman–Crippen MR) is 130 cm³/mol. The fraction of sp³-hybridized carbons (Fsp3) is 0.400. The summed E-state index contributed by atoms with van der Waals surface area (Å²) in [5, 5.41) is 62.1. The molecule has 4 rings (SSSR count). The van der Waals surface area contributed by atoms with Gasteiger partial charge in [0.05, 0.1) is 46.2 Å². The molecule has 0 amide bonds. The average Bonchev–Trinajstić information content (AvgIpc) is 2.92. The summed E-state index contributed by atoms with van der Waals surface area (Å²) in [7, 11) is 5.34. The van der Waals surface area contributed by atoms with Gasteiger partial charge in [-0.15, -0.1) is 0 Å². The van der Waals surface area contributed by atoms with E-state index in [0.717, 1.165) is 13.4 Å². The van der Waals surface area contributed by atoms with E-state index in [1.165, 1.54) is 33.5 Å². The smallest absolute Gasteiger partial charge is 0.204 e. The lowest BCUT2D eigenvalue weighted by Gasteiger charge is -2.40. The van der Waals surface area contributed by atoms with E-state index in [4.69, 9.17) is 28.1 Å². The molecule has 0 spiro atoms. The second-order valence-electron chi connectivity index (χ2n) is 8.48. The quantitative estimate of drug-likeness (QED) is 0.243. The third-order valence-electron chi connectivity index (χ3n) is 6.54. The molecule has 0 radical (unpaired) electrons. The number of hydrogen-bond acceptors (Lipinski definition) is 13. The van der Waals surface area contributed by atoms with Crippen LogP contribution in [0.5, 0.6) is 34.5 Å². The van der Waals surface area contributed by atoms with Gasteiger partial charge in [0, 0.05) is 11.6 Å². The van der Waals surface area contributed by atoms with Gasteiger partial charge in [-0.1, -0.05) is 0 Å². The molecule has 2 aromatic carbocycles. The van der Waals surface area contributed by atoms with Crippen molar-refractivity contribution in [1.29, 1.82) is 0 Å². The van der Waals surface area contributed by atoms with Crippen molar-refractivity contribution in [1.82, 2.24) is 0 Å². The van der Waals surface area contributed by atoms with Crippen molar-refractivity contribution >= 4 is 11.0 Å². The lowest BCUT2D eigenvalue weighted by Crippen LogP contribution is -2.55. The molecule has 0 aliphatic carbocycles. The Kier molecular flexibility index (Phi) is 7.58. The molecule has 3 aromatic rings. The Morgan fingerprint density at radius 1 is 0.816 bits per heavy atom. The highest BCUT2D eigenvalue weighted by molar-refractivity contribution is 5.95. The maximum Gasteiger partial charge on any atom is 0.204 e. The van der Waals surface area contributed by atoms with Gasteiger partial charge in [-0.05, 0) is 6.07 Å². The van der Waals surface area contributed by atoms with Crippen LogP contribution in [0, 0.1) is 0 Å². The number of aliphatic hydroxyl groups is 4. The molecule has 2 heterocycles. The normalized spacial score (nSPS) is 23.3. The first-order chi connectivity index (χ1) is 18.1. The minimum atomic E-state index is -1.83. The van der Waals surface area contributed by atoms with E-state index >= 15 is 0 Å². The summed E-state index contributed by atoms with van der Waals surface area (Å²) in [5.41, 5.74) is -1.37. The molecular formula is C25H28O13. The van der Waals surface area contributed by atoms with Gasteiger partial charge in [0.1, 0.15) is 47.9 Å². The summed E-state index contributed by atoms with van der Waals surface area (Å²) in [5.74, 6) is -1.22. The standard InChI is InChI=1S/C25H28O13/c1-33-11-6-13(35-3)12(34-2)5-9(11)10-8-37-23-15(17(10)27)19(29)25(36-4)20(30)16(23)24-22(32)21(31)18(28)14(7-26)38-24/h5-6,8,14,18,21-22,24,26,28-32H,7H2,1-4H3/t14-,18-,21+,22-,24+/m1/s1. The van der Waals surface area contributed by atoms with Crippen molar-refractivity contribution in [3.63, 3.8) is 0 Å². The Hall–Kier alpha value is -3.75. The summed E-state index contributed by atoms with van der Waals surface area (Å²) in [6.45, 7) is -0.734. The van der Waals surface area contributed by atoms with Gasteiger partial charge in [0.2, 0.25) is 11.2 Å². The molecule has 0 unspecified atom stereocenters. The van der Waals surface area contributed by atoms with Gasteiger partial charge in [-0.25, -0.2) is 0 Å². The van der Waals surface area contributed by atoms with Gasteiger partial charge in [-0.3, -0.25) is 4.79 Å². The minimum absolute atomic E-state index is 0.0712. The maximum atomic E-state index is 13.8. The molecule has 5 atom stereocenters. The summed E-state index contributed by atoms with van der Waals surface area (Å²) in [4.78, 5) is 13.8. The minimum Gasteiger partial charge on any atom is -0.504 e. The van der Waals surface area contributed by atoms with Gasteiger partial charge < -0.3 is 58.7 Å². The van der Waals surface area contributed by atoms with Crippen molar-refractivity contribution in [3.05, 3.63) is 34.2 Å². The number of aromatic hydroxyl groups is 2. The lowest BCUT2D eigenvalue weighted by atomic mass is 9.89. The summed E-state index contributed by atoms with van der Waals surface area (Å²) >= 11 is 0. The van der Waals surface area contributed by atoms with E-state index in [-0.39, 0.29) is 28.2 Å². The molecular weight excluding hydrogens is 508 g/mol. The van der Waals surface area contributed by atoms with Crippen LogP contribution < -0.4 is 24.4 Å². The maximum absolute atomic E-state index is 13.8. The average molecular weight is 536 g/mol. The van der Waals surface area contributed by atoms with Crippen LogP contribution in [0.15, 0.2) is 27.6 Å². The molecule has 1 saturated heterocycles. The molecule has 1 aromatic heterocycles. The number of phenolic OH excluding ortho intramolecular Hbond substituents is 2. The third-order valence-corrected chi connectivity index (χ3v) is 6.54. The van der Waals surface area contributed by atoms with Crippen LogP contribution in [0.4, 0.5) is 0 Å². The first kappa shape index (κ1) is 27.3. The van der Waals surface area contributed by atoms with E-state index in [9.17, 15) is 35.4 Å². The van der Waals surface area contributed by atoms with Crippen LogP contribution in [-0.2, 0) is 4.74 Å². The SMILES string of the molecule is COc1cc(OC)c(-c2coc3c([C@@H]4O[C@H](CO)[C@@H](O)[C@H](O)[C@H]4O)c(O)c(OC)c(O)c3c2=O)cc1OC. The molecule has 1 aliphatic rings. The van der Waals surface area contributed by atoms with Gasteiger partial charge >= 0.3 is 0 Å². The van der Waals surface area contributed by atoms with Gasteiger partial charge in [0.25, 0.3) is 0 Å². The summed E-state index contributed by atoms with van der Waals surface area (Å²) in [6, 6.07) is 2.97. The van der Waals surface area contributed by atoms with Crippen LogP contribution in [0.25, 0.3) is 22.1 Å². The Morgan fingerprint density at radius 3 is 2.03 bits per heavy atom. The molecule has 13 heteroatoms. The van der Waals surface area contributed by atoms with E-state index in [0.29, 0.717) is 5.75 Å². The first-order valence-electron chi connectivity index (χ1n) is 11.3. The fourth-order valence-corrected chi connectivity index (χ4v) is 4.56. The number of hydrogen-bond donors (Lipinski definition) is 6. The second-order valence-corrected chi connectivity index (χ2v) is 8.48. The van der Waals surface area contributed by atoms with Crippen molar-refractivity contribution in [2.24, 2.45) is 0 Å². The van der Waals surface area contributed by atoms with Gasteiger partial charge in [-0.2, -0.15) is 0 Å². The molecule has 1 fully saturated rings. The zero-order valence-electron chi connectivity index (χ0n) is 20.9. The largest absolute Gasteiger partial charge is 0.504 e. The number of phenols is 2. The lowest BCUT2D eigenvalue weighted by molar-refractivity contribution is -0.231. The molecule has 13 nitrogen and oxygen atoms in total. The predicted octanol–water partition coefficient (Wildman–Crippen LogP) is 0.420. The highest BCUT2D eigenvalue weighted by Gasteiger charge is 2.46. The third kappa shape index (κ3) is 4.14. The van der Waals surface area contributed by atoms with Crippen LogP contribution in [0.2, 0.25) is 0 Å². The van der Waals surface area contributed by atoms with Crippen molar-refractivity contribution < 1.29 is 58.7 Å². The van der Waals surface area contributed by atoms with Gasteiger partial charge in [0.15, 0.2) is 28.6 Å². The molecule has 206 valence electrons. The van der Waals surface area contributed by atoms with E-state index in [2.05, 4.69) is 0 Å². The number of benzene rings is 2. The van der Waals surface area contributed by atoms with E-state index in [1.54, 1.807) is 0 Å². The van der Waals surface area contributed by atoms with Crippen LogP contribution in [-0.4, -0.2) is 90.1 Å². The molecule has 0 bridgehead atoms. The topological polar surface area (TPSA) is 198 Å². The Bertz CT molecular complexity index is 1400. The molecule has 38 heavy (non-hydrogen) atoms. The first-order valence-corrected chi connectivity index (χ1v) is 11.3. The number of fused-ring (bicyclic) bond motifs is 1. The number of rotatable bonds is 7. The molecule has 0 saturated carbocycles. The van der Waals surface area contributed by atoms with Crippen LogP contribution in [0.1, 0.15) is 11.7 Å². The Labute approximate surface area is 215 Å². The van der Waals surface area contributed by atoms with E-state index < -0.39 is 70.8 Å². The van der Waals surface area contributed by atoms with Crippen LogP contribution >= 0.6 is 0 Å². The summed E-state index contributed by atoms with van der Waals surface area (Å²) in [6.07, 6.45) is -7.17. The fourth-order valence-electron chi connectivity index (χ4n) is 4.56. The monoisotopic (exact) mass is 536 g/mol. The Balaban J connectivity index is 2.03. The summed E-state index contributed by atoms with van der Waals surface area (Å²) < 4.78 is 32.4. The zero-order valence-corrected chi connectivity index (χ0v) is 20.9. The number of methoxy groups -OCH3 is 4. The van der Waals surface area contributed by atoms with E-state index in [1.807, 2.05) is 0 Å². The molecule has 1 aliphatic heterocycles. The van der Waals surface area contributed by atoms with Crippen LogP contribution in [0.3, 0.4) is 0 Å². The van der Waals surface area contributed by atoms with Crippen molar-refractivity contribution in [2.45, 2.75) is 30.5 Å².